The molecule has 0 aliphatic carbocycles. The van der Waals surface area contributed by atoms with Crippen molar-refractivity contribution in [2.45, 2.75) is 0 Å². The van der Waals surface area contributed by atoms with Crippen molar-refractivity contribution in [1.82, 2.24) is 15.0 Å². The molecule has 0 bridgehead atoms. The summed E-state index contributed by atoms with van der Waals surface area (Å²) < 4.78 is 11.2. The molecule has 154 valence electrons. The first-order chi connectivity index (χ1) is 15.2. The summed E-state index contributed by atoms with van der Waals surface area (Å²) in [5.74, 6) is 1.80. The molecule has 1 aliphatic rings. The zero-order valence-electron chi connectivity index (χ0n) is 16.2. The number of anilines is 3. The van der Waals surface area contributed by atoms with E-state index in [-0.39, 0.29) is 0 Å². The zero-order chi connectivity index (χ0) is 21.0. The van der Waals surface area contributed by atoms with Gasteiger partial charge >= 0.3 is 0 Å². The van der Waals surface area contributed by atoms with Crippen molar-refractivity contribution in [3.8, 4) is 11.5 Å². The third-order valence-electron chi connectivity index (χ3n) is 4.53. The van der Waals surface area contributed by atoms with E-state index in [2.05, 4.69) is 30.6 Å². The number of fused-ring (bicyclic) bond motifs is 1. The van der Waals surface area contributed by atoms with Crippen LogP contribution < -0.4 is 15.4 Å². The van der Waals surface area contributed by atoms with Gasteiger partial charge < -0.3 is 20.1 Å². The summed E-state index contributed by atoms with van der Waals surface area (Å²) in [6.07, 6.45) is 4.83. The van der Waals surface area contributed by atoms with E-state index in [0.29, 0.717) is 41.5 Å². The number of aliphatic imine (C=N–C) groups is 1. The van der Waals surface area contributed by atoms with E-state index in [9.17, 15) is 0 Å². The lowest BCUT2D eigenvalue weighted by atomic mass is 10.2. The molecule has 0 saturated heterocycles. The predicted octanol–water partition coefficient (Wildman–Crippen LogP) is 5.01. The van der Waals surface area contributed by atoms with Crippen molar-refractivity contribution < 1.29 is 9.47 Å². The number of benzene rings is 2. The third-order valence-corrected chi connectivity index (χ3v) is 4.82. The van der Waals surface area contributed by atoms with Gasteiger partial charge in [-0.3, -0.25) is 4.98 Å². The van der Waals surface area contributed by atoms with Crippen LogP contribution in [0.4, 0.5) is 17.2 Å². The van der Waals surface area contributed by atoms with Crippen molar-refractivity contribution in [3.63, 3.8) is 0 Å². The minimum absolute atomic E-state index is 0.464. The molecule has 8 nitrogen and oxygen atoms in total. The second-order valence-corrected chi connectivity index (χ2v) is 7.08. The molecule has 0 amide bonds. The van der Waals surface area contributed by atoms with Crippen LogP contribution in [-0.2, 0) is 4.74 Å². The number of amidine groups is 1. The lowest BCUT2D eigenvalue weighted by molar-refractivity contribution is 0.346. The SMILES string of the molecule is Clc1cc(Nc2ncnc3ccc(NC4=NCCO4)cc23)ccc1Oc1cccnc1. The number of ether oxygens (including phenoxy) is 2. The molecule has 1 aliphatic heterocycles. The standard InChI is InChI=1S/C22H17ClN6O2/c23-18-11-15(4-6-20(18)31-16-2-1-7-24-12-16)28-21-17-10-14(29-22-25-8-9-30-22)3-5-19(17)26-13-27-21/h1-7,10-13H,8-9H2,(H,25,29)(H,26,27,28). The Kier molecular flexibility index (Phi) is 5.20. The highest BCUT2D eigenvalue weighted by Crippen LogP contribution is 2.33. The molecular weight excluding hydrogens is 416 g/mol. The number of nitrogens with one attached hydrogen (secondary N) is 2. The molecule has 0 unspecified atom stereocenters. The largest absolute Gasteiger partial charge is 0.463 e. The monoisotopic (exact) mass is 432 g/mol. The van der Waals surface area contributed by atoms with Gasteiger partial charge in [0.15, 0.2) is 0 Å². The summed E-state index contributed by atoms with van der Waals surface area (Å²) in [5, 5.41) is 7.78. The lowest BCUT2D eigenvalue weighted by Gasteiger charge is -2.12. The number of pyridine rings is 1. The molecule has 31 heavy (non-hydrogen) atoms. The first-order valence-electron chi connectivity index (χ1n) is 9.58. The van der Waals surface area contributed by atoms with Crippen LogP contribution in [-0.4, -0.2) is 34.1 Å². The summed E-state index contributed by atoms with van der Waals surface area (Å²) >= 11 is 6.43. The summed E-state index contributed by atoms with van der Waals surface area (Å²) in [5.41, 5.74) is 2.41. The Morgan fingerprint density at radius 3 is 2.71 bits per heavy atom. The van der Waals surface area contributed by atoms with Crippen LogP contribution in [0, 0.1) is 0 Å². The van der Waals surface area contributed by atoms with Crippen molar-refractivity contribution in [1.29, 1.82) is 0 Å². The topological polar surface area (TPSA) is 93.6 Å². The van der Waals surface area contributed by atoms with E-state index >= 15 is 0 Å². The van der Waals surface area contributed by atoms with Gasteiger partial charge in [0.1, 0.15) is 30.3 Å². The molecule has 0 atom stereocenters. The van der Waals surface area contributed by atoms with Crippen LogP contribution in [0.15, 0.2) is 72.2 Å². The maximum Gasteiger partial charge on any atom is 0.289 e. The molecule has 2 aromatic carbocycles. The van der Waals surface area contributed by atoms with Gasteiger partial charge in [0.05, 0.1) is 23.3 Å². The second-order valence-electron chi connectivity index (χ2n) is 6.68. The lowest BCUT2D eigenvalue weighted by Crippen LogP contribution is -2.11. The second kappa shape index (κ2) is 8.45. The highest BCUT2D eigenvalue weighted by Gasteiger charge is 2.11. The van der Waals surface area contributed by atoms with Gasteiger partial charge in [-0.2, -0.15) is 0 Å². The average molecular weight is 433 g/mol. The van der Waals surface area contributed by atoms with Gasteiger partial charge in [0.25, 0.3) is 6.02 Å². The highest BCUT2D eigenvalue weighted by atomic mass is 35.5. The smallest absolute Gasteiger partial charge is 0.289 e. The Labute approximate surface area is 183 Å². The number of aromatic nitrogens is 3. The van der Waals surface area contributed by atoms with Crippen LogP contribution in [0.1, 0.15) is 0 Å². The van der Waals surface area contributed by atoms with E-state index in [1.807, 2.05) is 30.3 Å². The van der Waals surface area contributed by atoms with Crippen molar-refractivity contribution >= 4 is 45.7 Å². The molecule has 5 rings (SSSR count). The molecule has 0 saturated carbocycles. The van der Waals surface area contributed by atoms with Crippen molar-refractivity contribution in [3.05, 3.63) is 72.3 Å². The molecule has 9 heteroatoms. The molecule has 4 aromatic rings. The Morgan fingerprint density at radius 1 is 1.00 bits per heavy atom. The van der Waals surface area contributed by atoms with Crippen molar-refractivity contribution in [2.75, 3.05) is 23.8 Å². The average Bonchev–Trinajstić information content (AvgIpc) is 3.30. The van der Waals surface area contributed by atoms with Crippen LogP contribution in [0.2, 0.25) is 5.02 Å². The van der Waals surface area contributed by atoms with E-state index in [1.54, 1.807) is 30.6 Å². The van der Waals surface area contributed by atoms with E-state index < -0.39 is 0 Å². The van der Waals surface area contributed by atoms with E-state index in [1.165, 1.54) is 6.33 Å². The van der Waals surface area contributed by atoms with E-state index in [4.69, 9.17) is 21.1 Å². The Bertz CT molecular complexity index is 1270. The Morgan fingerprint density at radius 2 is 1.90 bits per heavy atom. The normalized spacial score (nSPS) is 12.9. The van der Waals surface area contributed by atoms with Crippen LogP contribution in [0.5, 0.6) is 11.5 Å². The third kappa shape index (κ3) is 4.34. The number of rotatable bonds is 5. The number of halogens is 1. The maximum absolute atomic E-state index is 6.43. The fraction of sp³-hybridized carbons (Fsp3) is 0.0909. The summed E-state index contributed by atoms with van der Waals surface area (Å²) in [6, 6.07) is 15.4. The Balaban J connectivity index is 1.39. The minimum Gasteiger partial charge on any atom is -0.463 e. The van der Waals surface area contributed by atoms with Gasteiger partial charge in [-0.1, -0.05) is 11.6 Å². The van der Waals surface area contributed by atoms with Crippen LogP contribution in [0.25, 0.3) is 10.9 Å². The fourth-order valence-electron chi connectivity index (χ4n) is 3.10. The molecule has 0 radical (unpaired) electrons. The first-order valence-corrected chi connectivity index (χ1v) is 9.96. The van der Waals surface area contributed by atoms with Crippen molar-refractivity contribution in [2.24, 2.45) is 4.99 Å². The first kappa shape index (κ1) is 19.1. The highest BCUT2D eigenvalue weighted by molar-refractivity contribution is 6.32. The molecule has 0 spiro atoms. The molecule has 0 fully saturated rings. The quantitative estimate of drug-likeness (QED) is 0.457. The maximum atomic E-state index is 6.43. The molecule has 3 heterocycles. The van der Waals surface area contributed by atoms with Crippen LogP contribution in [0.3, 0.4) is 0 Å². The predicted molar refractivity (Wildman–Crippen MR) is 120 cm³/mol. The van der Waals surface area contributed by atoms with E-state index in [0.717, 1.165) is 22.3 Å². The fourth-order valence-corrected chi connectivity index (χ4v) is 3.32. The minimum atomic E-state index is 0.464. The molecular formula is C22H17ClN6O2. The summed E-state index contributed by atoms with van der Waals surface area (Å²) in [7, 11) is 0. The van der Waals surface area contributed by atoms with Gasteiger partial charge in [-0.05, 0) is 48.5 Å². The van der Waals surface area contributed by atoms with Gasteiger partial charge in [-0.25, -0.2) is 15.0 Å². The number of hydrogen-bond acceptors (Lipinski definition) is 8. The Hall–Kier alpha value is -3.91. The van der Waals surface area contributed by atoms with Gasteiger partial charge in [-0.15, -0.1) is 0 Å². The van der Waals surface area contributed by atoms with Crippen LogP contribution >= 0.6 is 11.6 Å². The molecule has 2 aromatic heterocycles. The summed E-state index contributed by atoms with van der Waals surface area (Å²) in [6.45, 7) is 1.25. The number of hydrogen-bond donors (Lipinski definition) is 2. The zero-order valence-corrected chi connectivity index (χ0v) is 17.0. The molecule has 2 N–H and O–H groups in total. The number of nitrogens with zero attached hydrogens (tertiary/aromatic N) is 4. The summed E-state index contributed by atoms with van der Waals surface area (Å²) in [4.78, 5) is 17.0. The van der Waals surface area contributed by atoms with Gasteiger partial charge in [0.2, 0.25) is 0 Å². The van der Waals surface area contributed by atoms with Gasteiger partial charge in [0, 0.05) is 23.0 Å².